The maximum Gasteiger partial charge on any atom is 0.489 e. The zero-order valence-corrected chi connectivity index (χ0v) is 18.2. The van der Waals surface area contributed by atoms with Gasteiger partial charge in [0.15, 0.2) is 0 Å². The minimum Gasteiger partial charge on any atom is -0.492 e. The molecule has 0 bridgehead atoms. The van der Waals surface area contributed by atoms with Gasteiger partial charge in [-0.25, -0.2) is 0 Å². The summed E-state index contributed by atoms with van der Waals surface area (Å²) in [6, 6.07) is 3.42. The molecule has 1 fully saturated rings. The number of pyridine rings is 1. The molecule has 1 N–H and O–H groups in total. The summed E-state index contributed by atoms with van der Waals surface area (Å²) in [6.45, 7) is 16.1. The Morgan fingerprint density at radius 3 is 2.52 bits per heavy atom. The van der Waals surface area contributed by atoms with Gasteiger partial charge in [-0.05, 0) is 53.4 Å². The smallest absolute Gasteiger partial charge is 0.489 e. The summed E-state index contributed by atoms with van der Waals surface area (Å²) in [5, 5.41) is 12.0. The Kier molecular flexibility index (Phi) is 7.09. The zero-order valence-electron chi connectivity index (χ0n) is 18.2. The Bertz CT molecular complexity index is 801. The van der Waals surface area contributed by atoms with Crippen LogP contribution in [0.25, 0.3) is 0 Å². The lowest BCUT2D eigenvalue weighted by Gasteiger charge is -2.32. The first-order valence-corrected chi connectivity index (χ1v) is 9.86. The van der Waals surface area contributed by atoms with Crippen LogP contribution in [0.5, 0.6) is 5.75 Å². The van der Waals surface area contributed by atoms with Gasteiger partial charge in [0.1, 0.15) is 17.4 Å². The van der Waals surface area contributed by atoms with E-state index in [2.05, 4.69) is 16.9 Å². The molecule has 8 heteroatoms. The van der Waals surface area contributed by atoms with Gasteiger partial charge in [-0.2, -0.15) is 5.26 Å². The van der Waals surface area contributed by atoms with Gasteiger partial charge in [0.25, 0.3) is 0 Å². The molecule has 7 nitrogen and oxygen atoms in total. The molecule has 1 aromatic rings. The van der Waals surface area contributed by atoms with Gasteiger partial charge < -0.3 is 19.4 Å². The maximum atomic E-state index is 12.4. The van der Waals surface area contributed by atoms with Crippen molar-refractivity contribution < 1.29 is 18.8 Å². The highest BCUT2D eigenvalue weighted by atomic mass is 16.7. The molecule has 1 atom stereocenters. The Hall–Kier alpha value is -2.37. The third kappa shape index (κ3) is 5.37. The molecule has 2 rings (SSSR count). The number of allylic oxidation sites excluding steroid dienone is 1. The first kappa shape index (κ1) is 22.9. The first-order chi connectivity index (χ1) is 13.5. The quantitative estimate of drug-likeness (QED) is 0.673. The van der Waals surface area contributed by atoms with Crippen molar-refractivity contribution in [1.82, 2.24) is 10.3 Å². The highest BCUT2D eigenvalue weighted by molar-refractivity contribution is 6.54. The van der Waals surface area contributed by atoms with Crippen molar-refractivity contribution in [1.29, 1.82) is 5.26 Å². The summed E-state index contributed by atoms with van der Waals surface area (Å²) in [7, 11) is -0.515. The maximum absolute atomic E-state index is 12.4. The molecular weight excluding hydrogens is 369 g/mol. The number of hydrogen-bond acceptors (Lipinski definition) is 6. The lowest BCUT2D eigenvalue weighted by Crippen LogP contribution is -2.41. The standard InChI is InChI=1S/C21H30BN3O4/c1-8-27-18-11-17(24-13-16(18)12-23)15(3)25-19(26)10-9-14(2)22-28-20(4,5)21(6,7)29-22/h11,13,15H,2,8-10H2,1,3-7H3,(H,25,26). The highest BCUT2D eigenvalue weighted by Crippen LogP contribution is 2.38. The van der Waals surface area contributed by atoms with Crippen LogP contribution >= 0.6 is 0 Å². The van der Waals surface area contributed by atoms with Crippen LogP contribution < -0.4 is 10.1 Å². The molecule has 1 amide bonds. The molecule has 2 heterocycles. The summed E-state index contributed by atoms with van der Waals surface area (Å²) in [5.41, 5.74) is 0.869. The highest BCUT2D eigenvalue weighted by Gasteiger charge is 2.51. The zero-order chi connectivity index (χ0) is 21.8. The Morgan fingerprint density at radius 1 is 1.34 bits per heavy atom. The summed E-state index contributed by atoms with van der Waals surface area (Å²) >= 11 is 0. The van der Waals surface area contributed by atoms with E-state index in [4.69, 9.17) is 19.3 Å². The van der Waals surface area contributed by atoms with E-state index < -0.39 is 18.3 Å². The first-order valence-electron chi connectivity index (χ1n) is 9.86. The molecule has 1 saturated heterocycles. The van der Waals surface area contributed by atoms with Crippen LogP contribution in [0.1, 0.15) is 71.7 Å². The molecule has 0 radical (unpaired) electrons. The average Bonchev–Trinajstić information content (AvgIpc) is 2.87. The van der Waals surface area contributed by atoms with Crippen molar-refractivity contribution in [3.8, 4) is 11.8 Å². The van der Waals surface area contributed by atoms with E-state index in [9.17, 15) is 4.79 Å². The van der Waals surface area contributed by atoms with E-state index in [0.29, 0.717) is 30.0 Å². The number of aromatic nitrogens is 1. The monoisotopic (exact) mass is 399 g/mol. The van der Waals surface area contributed by atoms with Crippen LogP contribution in [0, 0.1) is 11.3 Å². The van der Waals surface area contributed by atoms with Crippen LogP contribution in [-0.2, 0) is 14.1 Å². The van der Waals surface area contributed by atoms with Crippen LogP contribution in [0.2, 0.25) is 0 Å². The number of carbonyl (C=O) groups is 1. The van der Waals surface area contributed by atoms with Crippen molar-refractivity contribution in [3.05, 3.63) is 35.6 Å². The van der Waals surface area contributed by atoms with E-state index in [1.807, 2.05) is 47.6 Å². The molecule has 1 unspecified atom stereocenters. The van der Waals surface area contributed by atoms with E-state index in [0.717, 1.165) is 5.47 Å². The molecule has 0 aliphatic carbocycles. The van der Waals surface area contributed by atoms with Crippen LogP contribution in [0.15, 0.2) is 24.3 Å². The minimum absolute atomic E-state index is 0.126. The summed E-state index contributed by atoms with van der Waals surface area (Å²) in [4.78, 5) is 16.7. The molecule has 0 spiro atoms. The van der Waals surface area contributed by atoms with Gasteiger partial charge in [-0.3, -0.25) is 9.78 Å². The number of hydrogen-bond donors (Lipinski definition) is 1. The molecule has 29 heavy (non-hydrogen) atoms. The largest absolute Gasteiger partial charge is 0.492 e. The van der Waals surface area contributed by atoms with Gasteiger partial charge >= 0.3 is 7.12 Å². The van der Waals surface area contributed by atoms with E-state index in [1.54, 1.807) is 6.07 Å². The predicted molar refractivity (Wildman–Crippen MR) is 111 cm³/mol. The van der Waals surface area contributed by atoms with Crippen molar-refractivity contribution in [3.63, 3.8) is 0 Å². The fraction of sp³-hybridized carbons (Fsp3) is 0.571. The predicted octanol–water partition coefficient (Wildman–Crippen LogP) is 3.50. The second-order valence-corrected chi connectivity index (χ2v) is 8.19. The number of rotatable bonds is 8. The lowest BCUT2D eigenvalue weighted by molar-refractivity contribution is -0.121. The minimum atomic E-state index is -0.515. The van der Waals surface area contributed by atoms with Crippen LogP contribution in [-0.4, -0.2) is 35.8 Å². The second kappa shape index (κ2) is 8.97. The molecule has 1 aromatic heterocycles. The van der Waals surface area contributed by atoms with Gasteiger partial charge in [0.2, 0.25) is 5.91 Å². The number of ether oxygens (including phenoxy) is 1. The number of nitriles is 1. The Morgan fingerprint density at radius 2 is 1.97 bits per heavy atom. The number of amides is 1. The topological polar surface area (TPSA) is 93.5 Å². The molecule has 1 aliphatic rings. The van der Waals surface area contributed by atoms with Crippen molar-refractivity contribution >= 4 is 13.0 Å². The van der Waals surface area contributed by atoms with E-state index in [-0.39, 0.29) is 18.4 Å². The van der Waals surface area contributed by atoms with Gasteiger partial charge in [-0.15, -0.1) is 6.58 Å². The van der Waals surface area contributed by atoms with Crippen LogP contribution in [0.3, 0.4) is 0 Å². The van der Waals surface area contributed by atoms with E-state index >= 15 is 0 Å². The van der Waals surface area contributed by atoms with Crippen LogP contribution in [0.4, 0.5) is 0 Å². The normalized spacial score (nSPS) is 18.0. The molecule has 0 aromatic carbocycles. The molecule has 1 aliphatic heterocycles. The average molecular weight is 399 g/mol. The summed E-state index contributed by atoms with van der Waals surface area (Å²) in [6.07, 6.45) is 2.19. The van der Waals surface area contributed by atoms with Crippen molar-refractivity contribution in [2.45, 2.75) is 71.6 Å². The molecule has 156 valence electrons. The lowest BCUT2D eigenvalue weighted by atomic mass is 9.77. The number of carbonyl (C=O) groups excluding carboxylic acids is 1. The SMILES string of the molecule is C=C(CCC(=O)NC(C)c1cc(OCC)c(C#N)cn1)B1OC(C)(C)C(C)(C)O1. The summed E-state index contributed by atoms with van der Waals surface area (Å²) in [5.74, 6) is 0.342. The molecular formula is C21H30BN3O4. The fourth-order valence-electron chi connectivity index (χ4n) is 2.84. The van der Waals surface area contributed by atoms with E-state index in [1.165, 1.54) is 6.20 Å². The van der Waals surface area contributed by atoms with Gasteiger partial charge in [0.05, 0.1) is 29.5 Å². The number of nitrogens with zero attached hydrogens (tertiary/aromatic N) is 2. The molecule has 0 saturated carbocycles. The third-order valence-corrected chi connectivity index (χ3v) is 5.39. The van der Waals surface area contributed by atoms with Gasteiger partial charge in [-0.1, -0.05) is 0 Å². The fourth-order valence-corrected chi connectivity index (χ4v) is 2.84. The Labute approximate surface area is 173 Å². The van der Waals surface area contributed by atoms with Crippen molar-refractivity contribution in [2.24, 2.45) is 0 Å². The third-order valence-electron chi connectivity index (χ3n) is 5.39. The van der Waals surface area contributed by atoms with Gasteiger partial charge in [0, 0.05) is 18.7 Å². The van der Waals surface area contributed by atoms with Crippen molar-refractivity contribution in [2.75, 3.05) is 6.61 Å². The second-order valence-electron chi connectivity index (χ2n) is 8.19. The number of nitrogens with one attached hydrogen (secondary N) is 1. The summed E-state index contributed by atoms with van der Waals surface area (Å²) < 4.78 is 17.4. The Balaban J connectivity index is 1.90.